The summed E-state index contributed by atoms with van der Waals surface area (Å²) in [5, 5.41) is 9.12. The van der Waals surface area contributed by atoms with Gasteiger partial charge >= 0.3 is 0 Å². The normalized spacial score (nSPS) is 18.4. The molecule has 1 aliphatic heterocycles. The van der Waals surface area contributed by atoms with Gasteiger partial charge < -0.3 is 9.32 Å². The van der Waals surface area contributed by atoms with Crippen LogP contribution in [-0.4, -0.2) is 16.2 Å². The van der Waals surface area contributed by atoms with E-state index in [1.807, 2.05) is 24.3 Å². The van der Waals surface area contributed by atoms with Crippen molar-refractivity contribution in [2.75, 3.05) is 4.90 Å². The molecule has 0 spiro atoms. The van der Waals surface area contributed by atoms with E-state index in [0.717, 1.165) is 5.56 Å². The van der Waals surface area contributed by atoms with Crippen LogP contribution in [0.1, 0.15) is 32.2 Å². The summed E-state index contributed by atoms with van der Waals surface area (Å²) in [5.74, 6) is 1.13. The minimum absolute atomic E-state index is 0.0790. The molecule has 2 heterocycles. The SMILES string of the molecule is CC1N(Cc2nnc(-c3ccc(Cl)cc3)o2)c2ccccc2C1(C)C. The zero-order valence-electron chi connectivity index (χ0n) is 14.5. The first kappa shape index (κ1) is 16.2. The van der Waals surface area contributed by atoms with Gasteiger partial charge in [-0.3, -0.25) is 0 Å². The predicted octanol–water partition coefficient (Wildman–Crippen LogP) is 5.08. The molecular weight excluding hydrogens is 334 g/mol. The molecule has 0 N–H and O–H groups in total. The quantitative estimate of drug-likeness (QED) is 0.658. The maximum Gasteiger partial charge on any atom is 0.247 e. The van der Waals surface area contributed by atoms with E-state index in [9.17, 15) is 0 Å². The maximum absolute atomic E-state index is 5.94. The van der Waals surface area contributed by atoms with Gasteiger partial charge in [-0.1, -0.05) is 43.6 Å². The Balaban J connectivity index is 1.62. The number of fused-ring (bicyclic) bond motifs is 1. The molecule has 4 rings (SSSR count). The summed E-state index contributed by atoms with van der Waals surface area (Å²) < 4.78 is 5.90. The van der Waals surface area contributed by atoms with Crippen LogP contribution >= 0.6 is 11.6 Å². The zero-order valence-corrected chi connectivity index (χ0v) is 15.3. The molecule has 5 heteroatoms. The first-order valence-corrected chi connectivity index (χ1v) is 8.79. The molecule has 128 valence electrons. The van der Waals surface area contributed by atoms with Gasteiger partial charge in [-0.25, -0.2) is 0 Å². The third kappa shape index (κ3) is 2.71. The third-order valence-electron chi connectivity index (χ3n) is 5.28. The summed E-state index contributed by atoms with van der Waals surface area (Å²) in [5.41, 5.74) is 3.56. The number of para-hydroxylation sites is 1. The Hall–Kier alpha value is -2.33. The van der Waals surface area contributed by atoms with Crippen molar-refractivity contribution in [2.45, 2.75) is 38.8 Å². The smallest absolute Gasteiger partial charge is 0.247 e. The number of anilines is 1. The Labute approximate surface area is 152 Å². The lowest BCUT2D eigenvalue weighted by atomic mass is 9.81. The van der Waals surface area contributed by atoms with Crippen LogP contribution in [0.2, 0.25) is 5.02 Å². The molecule has 4 nitrogen and oxygen atoms in total. The molecule has 0 amide bonds. The molecule has 0 saturated heterocycles. The highest BCUT2D eigenvalue weighted by Crippen LogP contribution is 2.45. The fraction of sp³-hybridized carbons (Fsp3) is 0.300. The van der Waals surface area contributed by atoms with Crippen LogP contribution in [0.5, 0.6) is 0 Å². The zero-order chi connectivity index (χ0) is 17.6. The van der Waals surface area contributed by atoms with E-state index in [1.165, 1.54) is 11.3 Å². The van der Waals surface area contributed by atoms with Crippen LogP contribution in [0.25, 0.3) is 11.5 Å². The predicted molar refractivity (Wildman–Crippen MR) is 99.9 cm³/mol. The van der Waals surface area contributed by atoms with E-state index >= 15 is 0 Å². The van der Waals surface area contributed by atoms with Crippen molar-refractivity contribution in [3.63, 3.8) is 0 Å². The van der Waals surface area contributed by atoms with Gasteiger partial charge in [0, 0.05) is 27.7 Å². The van der Waals surface area contributed by atoms with Crippen molar-refractivity contribution in [3.05, 3.63) is 65.0 Å². The minimum Gasteiger partial charge on any atom is -0.419 e. The lowest BCUT2D eigenvalue weighted by molar-refractivity contribution is 0.419. The van der Waals surface area contributed by atoms with Crippen molar-refractivity contribution < 1.29 is 4.42 Å². The Bertz CT molecular complexity index is 901. The number of aromatic nitrogens is 2. The Kier molecular flexibility index (Phi) is 3.80. The summed E-state index contributed by atoms with van der Waals surface area (Å²) in [6.07, 6.45) is 0. The summed E-state index contributed by atoms with van der Waals surface area (Å²) in [4.78, 5) is 2.34. The van der Waals surface area contributed by atoms with Gasteiger partial charge in [0.05, 0.1) is 6.54 Å². The van der Waals surface area contributed by atoms with Crippen molar-refractivity contribution >= 4 is 17.3 Å². The van der Waals surface area contributed by atoms with Crippen LogP contribution in [0.4, 0.5) is 5.69 Å². The van der Waals surface area contributed by atoms with Crippen molar-refractivity contribution in [3.8, 4) is 11.5 Å². The highest BCUT2D eigenvalue weighted by molar-refractivity contribution is 6.30. The maximum atomic E-state index is 5.94. The fourth-order valence-corrected chi connectivity index (χ4v) is 3.61. The first-order chi connectivity index (χ1) is 12.0. The van der Waals surface area contributed by atoms with Gasteiger partial charge in [-0.15, -0.1) is 10.2 Å². The molecule has 3 aromatic rings. The largest absolute Gasteiger partial charge is 0.419 e. The van der Waals surface area contributed by atoms with E-state index in [0.29, 0.717) is 29.4 Å². The van der Waals surface area contributed by atoms with Crippen LogP contribution < -0.4 is 4.90 Å². The molecule has 1 unspecified atom stereocenters. The molecule has 0 aliphatic carbocycles. The number of nitrogens with zero attached hydrogens (tertiary/aromatic N) is 3. The van der Waals surface area contributed by atoms with Crippen LogP contribution in [-0.2, 0) is 12.0 Å². The van der Waals surface area contributed by atoms with Crippen LogP contribution in [0, 0.1) is 0 Å². The molecule has 0 fully saturated rings. The second-order valence-corrected chi connectivity index (χ2v) is 7.49. The molecule has 0 bridgehead atoms. The molecule has 25 heavy (non-hydrogen) atoms. The standard InChI is InChI=1S/C20H20ClN3O/c1-13-20(2,3)16-6-4-5-7-17(16)24(13)12-18-22-23-19(25-18)14-8-10-15(21)11-9-14/h4-11,13H,12H2,1-3H3. The van der Waals surface area contributed by atoms with Crippen molar-refractivity contribution in [1.29, 1.82) is 0 Å². The average Bonchev–Trinajstić information content (AvgIpc) is 3.14. The Morgan fingerprint density at radius 3 is 2.56 bits per heavy atom. The number of benzene rings is 2. The van der Waals surface area contributed by atoms with Crippen LogP contribution in [0.3, 0.4) is 0 Å². The number of hydrogen-bond donors (Lipinski definition) is 0. The molecule has 2 aromatic carbocycles. The fourth-order valence-electron chi connectivity index (χ4n) is 3.49. The molecule has 1 atom stereocenters. The van der Waals surface area contributed by atoms with Gasteiger partial charge in [0.1, 0.15) is 0 Å². The van der Waals surface area contributed by atoms with Gasteiger partial charge in [0.15, 0.2) is 0 Å². The summed E-state index contributed by atoms with van der Waals surface area (Å²) in [7, 11) is 0. The third-order valence-corrected chi connectivity index (χ3v) is 5.54. The Morgan fingerprint density at radius 1 is 1.08 bits per heavy atom. The lowest BCUT2D eigenvalue weighted by Crippen LogP contribution is -2.38. The van der Waals surface area contributed by atoms with E-state index < -0.39 is 0 Å². The van der Waals surface area contributed by atoms with Crippen molar-refractivity contribution in [2.24, 2.45) is 0 Å². The second-order valence-electron chi connectivity index (χ2n) is 7.05. The number of halogens is 1. The van der Waals surface area contributed by atoms with Gasteiger partial charge in [0.25, 0.3) is 0 Å². The van der Waals surface area contributed by atoms with Gasteiger partial charge in [-0.05, 0) is 42.8 Å². The van der Waals surface area contributed by atoms with E-state index in [4.69, 9.17) is 16.0 Å². The van der Waals surface area contributed by atoms with E-state index in [2.05, 4.69) is 60.1 Å². The number of hydrogen-bond acceptors (Lipinski definition) is 4. The molecule has 1 aliphatic rings. The lowest BCUT2D eigenvalue weighted by Gasteiger charge is -2.30. The average molecular weight is 354 g/mol. The Morgan fingerprint density at radius 2 is 1.80 bits per heavy atom. The van der Waals surface area contributed by atoms with Gasteiger partial charge in [0.2, 0.25) is 11.8 Å². The summed E-state index contributed by atoms with van der Waals surface area (Å²) >= 11 is 5.94. The van der Waals surface area contributed by atoms with E-state index in [-0.39, 0.29) is 5.41 Å². The first-order valence-electron chi connectivity index (χ1n) is 8.41. The topological polar surface area (TPSA) is 42.2 Å². The summed E-state index contributed by atoms with van der Waals surface area (Å²) in [6, 6.07) is 16.3. The number of rotatable bonds is 3. The van der Waals surface area contributed by atoms with Crippen LogP contribution in [0.15, 0.2) is 52.9 Å². The van der Waals surface area contributed by atoms with E-state index in [1.54, 1.807) is 0 Å². The minimum atomic E-state index is 0.0790. The highest BCUT2D eigenvalue weighted by atomic mass is 35.5. The highest BCUT2D eigenvalue weighted by Gasteiger charge is 2.41. The second kappa shape index (κ2) is 5.88. The summed E-state index contributed by atoms with van der Waals surface area (Å²) in [6.45, 7) is 7.41. The van der Waals surface area contributed by atoms with Gasteiger partial charge in [-0.2, -0.15) is 0 Å². The van der Waals surface area contributed by atoms with Crippen molar-refractivity contribution in [1.82, 2.24) is 10.2 Å². The molecular formula is C20H20ClN3O. The monoisotopic (exact) mass is 353 g/mol. The molecule has 0 saturated carbocycles. The molecule has 1 aromatic heterocycles. The molecule has 0 radical (unpaired) electrons.